The van der Waals surface area contributed by atoms with Crippen molar-refractivity contribution in [3.8, 4) is 5.75 Å². The van der Waals surface area contributed by atoms with E-state index in [4.69, 9.17) is 4.74 Å². The van der Waals surface area contributed by atoms with Crippen LogP contribution in [-0.2, 0) is 0 Å². The Labute approximate surface area is 138 Å². The molecule has 0 saturated heterocycles. The van der Waals surface area contributed by atoms with Gasteiger partial charge in [-0.1, -0.05) is 43.5 Å². The van der Waals surface area contributed by atoms with Crippen molar-refractivity contribution in [2.24, 2.45) is 0 Å². The lowest BCUT2D eigenvalue weighted by atomic mass is 9.83. The largest absolute Gasteiger partial charge is 0.429 e. The first-order chi connectivity index (χ1) is 11.3. The predicted octanol–water partition coefficient (Wildman–Crippen LogP) is 5.16. The number of ether oxygens (including phenoxy) is 1. The lowest BCUT2D eigenvalue weighted by Crippen LogP contribution is -2.07. The topological polar surface area (TPSA) is 12.2 Å². The van der Waals surface area contributed by atoms with Crippen molar-refractivity contribution in [1.82, 2.24) is 0 Å². The van der Waals surface area contributed by atoms with Crippen LogP contribution in [0.2, 0.25) is 0 Å². The van der Waals surface area contributed by atoms with Crippen molar-refractivity contribution >= 4 is 11.9 Å². The van der Waals surface area contributed by atoms with Gasteiger partial charge in [-0.15, -0.1) is 0 Å². The van der Waals surface area contributed by atoms with E-state index in [-0.39, 0.29) is 0 Å². The second-order valence-electron chi connectivity index (χ2n) is 6.82. The molecule has 1 fully saturated rings. The molecule has 2 aromatic carbocycles. The monoisotopic (exact) mass is 306 g/mol. The number of hydrogen-bond donors (Lipinski definition) is 0. The molecule has 0 atom stereocenters. The summed E-state index contributed by atoms with van der Waals surface area (Å²) in [6.45, 7) is 2.82. The minimum atomic E-state index is 0.618. The van der Waals surface area contributed by atoms with Crippen LogP contribution in [0.15, 0.2) is 42.5 Å². The van der Waals surface area contributed by atoms with Gasteiger partial charge < -0.3 is 4.74 Å². The van der Waals surface area contributed by atoms with Crippen LogP contribution in [0.1, 0.15) is 54.7 Å². The van der Waals surface area contributed by atoms with E-state index in [1.165, 1.54) is 54.5 Å². The third-order valence-electron chi connectivity index (χ3n) is 5.05. The molecule has 23 heavy (non-hydrogen) atoms. The molecule has 0 bridgehead atoms. The van der Waals surface area contributed by atoms with Gasteiger partial charge in [-0.05, 0) is 43.4 Å². The van der Waals surface area contributed by atoms with Crippen LogP contribution in [0.25, 0.3) is 0 Å². The molecule has 0 amide bonds. The van der Waals surface area contributed by atoms with Gasteiger partial charge in [0.15, 0.2) is 6.21 Å². The van der Waals surface area contributed by atoms with Gasteiger partial charge in [0.25, 0.3) is 12.4 Å². The highest BCUT2D eigenvalue weighted by atomic mass is 16.5. The molecular formula is C21H24NO+. The summed E-state index contributed by atoms with van der Waals surface area (Å²) >= 11 is 0. The smallest absolute Gasteiger partial charge is 0.293 e. The maximum atomic E-state index is 6.12. The van der Waals surface area contributed by atoms with Gasteiger partial charge in [-0.25, -0.2) is 0 Å². The number of aryl methyl sites for hydroxylation is 1. The number of rotatable bonds is 2. The fourth-order valence-corrected chi connectivity index (χ4v) is 3.90. The van der Waals surface area contributed by atoms with Crippen LogP contribution in [0, 0.1) is 6.92 Å². The van der Waals surface area contributed by atoms with Crippen LogP contribution in [0.5, 0.6) is 5.75 Å². The third-order valence-corrected chi connectivity index (χ3v) is 5.05. The van der Waals surface area contributed by atoms with Gasteiger partial charge in [0, 0.05) is 17.2 Å². The lowest BCUT2D eigenvalue weighted by molar-refractivity contribution is -0.452. The molecule has 0 spiro atoms. The minimum absolute atomic E-state index is 0.618. The van der Waals surface area contributed by atoms with Gasteiger partial charge in [0.2, 0.25) is 5.75 Å². The Bertz CT molecular complexity index is 727. The summed E-state index contributed by atoms with van der Waals surface area (Å²) in [7, 11) is 0. The van der Waals surface area contributed by atoms with Crippen molar-refractivity contribution < 1.29 is 9.31 Å². The first kappa shape index (κ1) is 14.5. The van der Waals surface area contributed by atoms with E-state index >= 15 is 0 Å². The predicted molar refractivity (Wildman–Crippen MR) is 94.0 cm³/mol. The van der Waals surface area contributed by atoms with Crippen molar-refractivity contribution in [2.45, 2.75) is 44.9 Å². The summed E-state index contributed by atoms with van der Waals surface area (Å²) in [4.78, 5) is 0. The highest BCUT2D eigenvalue weighted by Crippen LogP contribution is 2.44. The Balaban J connectivity index is 1.74. The maximum absolute atomic E-state index is 6.12. The molecule has 0 radical (unpaired) electrons. The molecule has 4 rings (SSSR count). The van der Waals surface area contributed by atoms with Crippen LogP contribution >= 0.6 is 0 Å². The lowest BCUT2D eigenvalue weighted by Gasteiger charge is -2.22. The molecule has 2 nitrogen and oxygen atoms in total. The zero-order chi connectivity index (χ0) is 15.6. The Morgan fingerprint density at radius 3 is 2.61 bits per heavy atom. The SMILES string of the molecule is Cc1cc(C2CCCCC2)c2c(c1)/[N+](=C\c1ccccc1)CO2. The van der Waals surface area contributed by atoms with E-state index in [2.05, 4.69) is 60.2 Å². The molecule has 1 heterocycles. The van der Waals surface area contributed by atoms with E-state index in [0.717, 1.165) is 5.75 Å². The molecule has 1 saturated carbocycles. The van der Waals surface area contributed by atoms with Gasteiger partial charge in [0.1, 0.15) is 0 Å². The molecular weight excluding hydrogens is 282 g/mol. The normalized spacial score (nSPS) is 19.6. The van der Waals surface area contributed by atoms with Crippen LogP contribution in [0.3, 0.4) is 0 Å². The maximum Gasteiger partial charge on any atom is 0.293 e. The molecule has 0 N–H and O–H groups in total. The zero-order valence-electron chi connectivity index (χ0n) is 13.8. The van der Waals surface area contributed by atoms with Crippen LogP contribution < -0.4 is 4.74 Å². The summed E-state index contributed by atoms with van der Waals surface area (Å²) in [6.07, 6.45) is 8.90. The number of hydrogen-bond acceptors (Lipinski definition) is 1. The molecule has 1 aliphatic heterocycles. The Kier molecular flexibility index (Phi) is 3.90. The third kappa shape index (κ3) is 2.90. The summed E-state index contributed by atoms with van der Waals surface area (Å²) in [5.74, 6) is 1.80. The second-order valence-corrected chi connectivity index (χ2v) is 6.82. The van der Waals surface area contributed by atoms with E-state index < -0.39 is 0 Å². The number of nitrogens with zero attached hydrogens (tertiary/aromatic N) is 1. The van der Waals surface area contributed by atoms with E-state index in [9.17, 15) is 0 Å². The molecule has 2 aromatic rings. The Hall–Kier alpha value is -2.09. The zero-order valence-corrected chi connectivity index (χ0v) is 13.8. The summed E-state index contributed by atoms with van der Waals surface area (Å²) in [6, 6.07) is 15.1. The van der Waals surface area contributed by atoms with Gasteiger partial charge >= 0.3 is 0 Å². The fraction of sp³-hybridized carbons (Fsp3) is 0.381. The van der Waals surface area contributed by atoms with Crippen molar-refractivity contribution in [3.05, 3.63) is 59.2 Å². The quantitative estimate of drug-likeness (QED) is 0.698. The molecule has 0 unspecified atom stereocenters. The highest BCUT2D eigenvalue weighted by Gasteiger charge is 2.31. The van der Waals surface area contributed by atoms with Crippen molar-refractivity contribution in [2.75, 3.05) is 6.73 Å². The average molecular weight is 306 g/mol. The second kappa shape index (κ2) is 6.19. The standard InChI is InChI=1S/C21H24NO/c1-16-12-19(18-10-6-3-7-11-18)21-20(13-16)22(15-23-21)14-17-8-4-2-5-9-17/h2,4-5,8-9,12-14,18H,3,6-7,10-11,15H2,1H3/q+1/b22-14-. The molecule has 1 aliphatic carbocycles. The van der Waals surface area contributed by atoms with Crippen LogP contribution in [0.4, 0.5) is 5.69 Å². The van der Waals surface area contributed by atoms with Crippen LogP contribution in [-0.4, -0.2) is 17.5 Å². The van der Waals surface area contributed by atoms with Crippen molar-refractivity contribution in [3.63, 3.8) is 0 Å². The minimum Gasteiger partial charge on any atom is -0.429 e. The summed E-state index contributed by atoms with van der Waals surface area (Å²) in [5.41, 5.74) is 5.21. The van der Waals surface area contributed by atoms with Crippen molar-refractivity contribution in [1.29, 1.82) is 0 Å². The molecule has 2 aliphatic rings. The van der Waals surface area contributed by atoms with E-state index in [1.807, 2.05) is 0 Å². The molecule has 118 valence electrons. The number of benzene rings is 2. The first-order valence-corrected chi connectivity index (χ1v) is 8.75. The molecule has 0 aromatic heterocycles. The Morgan fingerprint density at radius 1 is 1.04 bits per heavy atom. The average Bonchev–Trinajstić information content (AvgIpc) is 2.99. The Morgan fingerprint density at radius 2 is 1.83 bits per heavy atom. The fourth-order valence-electron chi connectivity index (χ4n) is 3.90. The summed E-state index contributed by atoms with van der Waals surface area (Å²) < 4.78 is 8.36. The number of fused-ring (bicyclic) bond motifs is 1. The first-order valence-electron chi connectivity index (χ1n) is 8.75. The highest BCUT2D eigenvalue weighted by molar-refractivity contribution is 5.77. The van der Waals surface area contributed by atoms with E-state index in [0.29, 0.717) is 12.6 Å². The van der Waals surface area contributed by atoms with Gasteiger partial charge in [-0.2, -0.15) is 4.58 Å². The van der Waals surface area contributed by atoms with E-state index in [1.54, 1.807) is 0 Å². The van der Waals surface area contributed by atoms with Gasteiger partial charge in [-0.3, -0.25) is 0 Å². The summed E-state index contributed by atoms with van der Waals surface area (Å²) in [5, 5.41) is 0. The van der Waals surface area contributed by atoms with Gasteiger partial charge in [0.05, 0.1) is 0 Å². The molecule has 2 heteroatoms.